The van der Waals surface area contributed by atoms with E-state index in [0.29, 0.717) is 54.8 Å². The van der Waals surface area contributed by atoms with Gasteiger partial charge in [-0.25, -0.2) is 8.78 Å². The third-order valence-corrected chi connectivity index (χ3v) is 17.1. The van der Waals surface area contributed by atoms with E-state index >= 15 is 8.78 Å². The van der Waals surface area contributed by atoms with E-state index in [1.54, 1.807) is 4.90 Å². The van der Waals surface area contributed by atoms with E-state index in [1.165, 1.54) is 35.4 Å². The van der Waals surface area contributed by atoms with Gasteiger partial charge in [0.05, 0.1) is 17.6 Å². The summed E-state index contributed by atoms with van der Waals surface area (Å²) < 4.78 is 79.1. The largest absolute Gasteiger partial charge is 0.508 e. The summed E-state index contributed by atoms with van der Waals surface area (Å²) in [6.45, 7) is 12.2. The van der Waals surface area contributed by atoms with Gasteiger partial charge in [-0.2, -0.15) is 23.1 Å². The van der Waals surface area contributed by atoms with Gasteiger partial charge < -0.3 is 44.6 Å². The van der Waals surface area contributed by atoms with Crippen molar-refractivity contribution < 1.29 is 46.2 Å². The number of hydrogen-bond donors (Lipinski definition) is 2. The number of amides is 3. The molecule has 2 N–H and O–H groups in total. The summed E-state index contributed by atoms with van der Waals surface area (Å²) in [5.41, 5.74) is 2.77. The summed E-state index contributed by atoms with van der Waals surface area (Å²) in [5.74, 6) is 0.122. The number of phenolic OH excluding ortho intramolecular Hbond substituents is 1. The molecule has 5 saturated heterocycles. The van der Waals surface area contributed by atoms with Crippen LogP contribution in [0.5, 0.6) is 11.8 Å². The van der Waals surface area contributed by atoms with Gasteiger partial charge in [0.15, 0.2) is 5.82 Å². The van der Waals surface area contributed by atoms with Crippen LogP contribution in [0.1, 0.15) is 79.3 Å². The highest BCUT2D eigenvalue weighted by Gasteiger charge is 2.48. The summed E-state index contributed by atoms with van der Waals surface area (Å²) in [6.07, 6.45) is 7.12. The van der Waals surface area contributed by atoms with E-state index < -0.39 is 48.3 Å². The number of anilines is 2. The van der Waals surface area contributed by atoms with Gasteiger partial charge in [0.2, 0.25) is 11.8 Å². The number of allylic oxidation sites excluding steroid dienone is 1. The van der Waals surface area contributed by atoms with Crippen molar-refractivity contribution in [3.63, 3.8) is 0 Å². The number of nitrogens with zero attached hydrogens (tertiary/aromatic N) is 9. The number of aromatic hydroxyl groups is 1. The van der Waals surface area contributed by atoms with E-state index in [9.17, 15) is 32.7 Å². The van der Waals surface area contributed by atoms with Crippen molar-refractivity contribution in [3.05, 3.63) is 89.3 Å². The Kier molecular flexibility index (Phi) is 13.0. The van der Waals surface area contributed by atoms with E-state index in [-0.39, 0.29) is 87.6 Å². The average molecular weight is 1060 g/mol. The smallest absolute Gasteiger partial charge is 0.397 e. The van der Waals surface area contributed by atoms with Crippen LogP contribution in [0.15, 0.2) is 60.9 Å². The molecule has 77 heavy (non-hydrogen) atoms. The van der Waals surface area contributed by atoms with Crippen molar-refractivity contribution >= 4 is 50.9 Å². The molecule has 1 aliphatic carbocycles. The van der Waals surface area contributed by atoms with Gasteiger partial charge in [-0.05, 0) is 105 Å². The number of halogens is 5. The molecule has 15 nitrogen and oxygen atoms in total. The van der Waals surface area contributed by atoms with Gasteiger partial charge in [0, 0.05) is 124 Å². The second-order valence-corrected chi connectivity index (χ2v) is 22.3. The van der Waals surface area contributed by atoms with E-state index in [1.807, 2.05) is 17.0 Å². The van der Waals surface area contributed by atoms with Crippen LogP contribution in [0.3, 0.4) is 0 Å². The van der Waals surface area contributed by atoms with Gasteiger partial charge >= 0.3 is 12.2 Å². The minimum Gasteiger partial charge on any atom is -0.508 e. The lowest BCUT2D eigenvalue weighted by molar-refractivity contribution is -0.163. The van der Waals surface area contributed by atoms with Gasteiger partial charge in [0.1, 0.15) is 41.1 Å². The zero-order valence-electron chi connectivity index (χ0n) is 42.6. The lowest BCUT2D eigenvalue weighted by atomic mass is 9.95. The molecule has 3 amide bonds. The van der Waals surface area contributed by atoms with Crippen molar-refractivity contribution in [2.75, 3.05) is 81.9 Å². The molecular weight excluding hydrogens is 1000 g/mol. The number of phenols is 1. The minimum absolute atomic E-state index is 0.0481. The molecular formula is C57H59F5N10O5. The Bertz CT molecular complexity index is 3260. The molecule has 6 aliphatic heterocycles. The van der Waals surface area contributed by atoms with Crippen LogP contribution in [-0.2, 0) is 16.1 Å². The van der Waals surface area contributed by atoms with Crippen LogP contribution in [0.25, 0.3) is 32.9 Å². The number of piperazine rings is 2. The summed E-state index contributed by atoms with van der Waals surface area (Å²) in [6, 6.07) is 9.71. The van der Waals surface area contributed by atoms with Gasteiger partial charge in [-0.1, -0.05) is 18.6 Å². The number of benzene rings is 3. The molecule has 20 heteroatoms. The van der Waals surface area contributed by atoms with Crippen LogP contribution < -0.4 is 19.9 Å². The fraction of sp³-hybridized carbons (Fsp3) is 0.474. The monoisotopic (exact) mass is 1060 g/mol. The summed E-state index contributed by atoms with van der Waals surface area (Å²) in [4.78, 5) is 65.2. The fourth-order valence-corrected chi connectivity index (χ4v) is 12.9. The first-order chi connectivity index (χ1) is 37.0. The molecule has 2 aromatic heterocycles. The second kappa shape index (κ2) is 19.7. The number of nitrogens with one attached hydrogen (secondary N) is 1. The molecule has 6 fully saturated rings. The predicted molar refractivity (Wildman–Crippen MR) is 278 cm³/mol. The molecule has 3 atom stereocenters. The first-order valence-corrected chi connectivity index (χ1v) is 26.7. The normalized spacial score (nSPS) is 23.0. The Labute approximate surface area is 442 Å². The number of terminal acetylenes is 1. The maximum absolute atomic E-state index is 17.3. The molecule has 8 heterocycles. The summed E-state index contributed by atoms with van der Waals surface area (Å²) >= 11 is 0. The van der Waals surface area contributed by atoms with Crippen LogP contribution in [0, 0.1) is 35.3 Å². The Morgan fingerprint density at radius 1 is 0.909 bits per heavy atom. The number of carbonyl (C=O) groups is 3. The molecule has 1 saturated carbocycles. The lowest BCUT2D eigenvalue weighted by Crippen LogP contribution is -2.56. The first-order valence-electron chi connectivity index (χ1n) is 26.7. The van der Waals surface area contributed by atoms with Crippen molar-refractivity contribution in [2.45, 2.75) is 88.6 Å². The minimum atomic E-state index is -4.65. The number of ether oxygens (including phenoxy) is 1. The zero-order valence-corrected chi connectivity index (χ0v) is 42.6. The maximum Gasteiger partial charge on any atom is 0.397 e. The summed E-state index contributed by atoms with van der Waals surface area (Å²) in [7, 11) is 0. The van der Waals surface area contributed by atoms with Crippen LogP contribution in [0.4, 0.5) is 33.5 Å². The zero-order chi connectivity index (χ0) is 53.5. The van der Waals surface area contributed by atoms with Crippen LogP contribution in [0.2, 0.25) is 0 Å². The van der Waals surface area contributed by atoms with Crippen molar-refractivity contribution in [2.24, 2.45) is 11.3 Å². The Hall–Kier alpha value is -7.11. The van der Waals surface area contributed by atoms with Gasteiger partial charge in [0.25, 0.3) is 5.91 Å². The number of hydrogen-bond acceptors (Lipinski definition) is 12. The Balaban J connectivity index is 0.705. The third-order valence-electron chi connectivity index (χ3n) is 17.1. The number of fused-ring (bicyclic) bond motifs is 5. The first kappa shape index (κ1) is 50.7. The van der Waals surface area contributed by atoms with Crippen molar-refractivity contribution in [3.8, 4) is 35.4 Å². The van der Waals surface area contributed by atoms with Crippen molar-refractivity contribution in [1.82, 2.24) is 39.9 Å². The number of aromatic nitrogens is 3. The summed E-state index contributed by atoms with van der Waals surface area (Å²) in [5, 5.41) is 14.3. The standard InChI is InChI=1S/C57H59F5N10O5/c1-3-41-45(58)10-5-35-23-40(73)24-43(48(35)41)50-49(59)51-44(26-63-50)52(70-29-38-6-7-39(30-70)72(38)47(74)25-57(60,61)62)66-55(65-51)77-32-56(14-15-56)31-68-20-18-67(19-21-68)27-34-12-16-69(17-13-34)37-8-9-42-36(22-37)28-71(54(42)76)46-11-4-33(2)64-53(46)75/h1,5,8-10,22-24,26,34,38-39,46,73H,2,4,6-7,11-21,25,27-32H2,(H,64,75). The highest BCUT2D eigenvalue weighted by atomic mass is 19.4. The highest BCUT2D eigenvalue weighted by Crippen LogP contribution is 2.47. The van der Waals surface area contributed by atoms with E-state index in [2.05, 4.69) is 48.6 Å². The van der Waals surface area contributed by atoms with Gasteiger partial charge in [-0.3, -0.25) is 19.4 Å². The molecule has 2 bridgehead atoms. The van der Waals surface area contributed by atoms with E-state index in [0.717, 1.165) is 89.3 Å². The fourth-order valence-electron chi connectivity index (χ4n) is 12.9. The van der Waals surface area contributed by atoms with Crippen LogP contribution in [-0.4, -0.2) is 154 Å². The molecule has 3 unspecified atom stereocenters. The van der Waals surface area contributed by atoms with Gasteiger partial charge in [-0.15, -0.1) is 6.42 Å². The van der Waals surface area contributed by atoms with Crippen molar-refractivity contribution in [1.29, 1.82) is 0 Å². The SMILES string of the molecule is C#Cc1c(F)ccc2cc(O)cc(-c3ncc4c(N5CC6CCC(C5)N6C(=O)CC(F)(F)F)nc(OCC5(CN6CCN(CC7CCN(c8ccc9c(c8)CN(C8CCC(=C)NC8=O)C9=O)CC7)CC6)CC5)nc4c3F)c12. The molecule has 0 spiro atoms. The predicted octanol–water partition coefficient (Wildman–Crippen LogP) is 7.38. The average Bonchev–Trinajstić information content (AvgIpc) is 4.06. The number of piperidine rings is 2. The van der Waals surface area contributed by atoms with Crippen LogP contribution >= 0.6 is 0 Å². The number of carbonyl (C=O) groups excluding carboxylic acids is 3. The molecule has 3 aromatic carbocycles. The topological polar surface area (TPSA) is 151 Å². The number of pyridine rings is 1. The molecule has 12 rings (SSSR count). The Morgan fingerprint density at radius 3 is 2.35 bits per heavy atom. The lowest BCUT2D eigenvalue weighted by Gasteiger charge is -2.42. The molecule has 0 radical (unpaired) electrons. The molecule has 402 valence electrons. The Morgan fingerprint density at radius 2 is 1.65 bits per heavy atom. The van der Waals surface area contributed by atoms with E-state index in [4.69, 9.17) is 16.1 Å². The maximum atomic E-state index is 17.3. The third kappa shape index (κ3) is 9.85. The molecule has 7 aliphatic rings. The second-order valence-electron chi connectivity index (χ2n) is 22.3. The quantitative estimate of drug-likeness (QED) is 0.0949. The number of rotatable bonds is 12. The number of alkyl halides is 3. The molecule has 5 aromatic rings. The highest BCUT2D eigenvalue weighted by molar-refractivity contribution is 6.04.